The summed E-state index contributed by atoms with van der Waals surface area (Å²) in [6.07, 6.45) is 1.37. The summed E-state index contributed by atoms with van der Waals surface area (Å²) in [6.45, 7) is 1.71. The first-order chi connectivity index (χ1) is 10.1. The van der Waals surface area contributed by atoms with Gasteiger partial charge in [-0.2, -0.15) is 0 Å². The van der Waals surface area contributed by atoms with Gasteiger partial charge in [-0.25, -0.2) is 0 Å². The second-order valence-electron chi connectivity index (χ2n) is 4.40. The highest BCUT2D eigenvalue weighted by Crippen LogP contribution is 2.25. The standard InChI is InChI=1S/C16H16ClNO2S/c1-11(20-13-9-7-12(17)8-10-13)16(19)18-14-5-3-4-6-15(14)21-2/h3-11H,1-2H3,(H,18,19). The van der Waals surface area contributed by atoms with Crippen LogP contribution in [-0.2, 0) is 4.79 Å². The van der Waals surface area contributed by atoms with Crippen LogP contribution in [0.4, 0.5) is 5.69 Å². The van der Waals surface area contributed by atoms with Crippen LogP contribution in [-0.4, -0.2) is 18.3 Å². The second-order valence-corrected chi connectivity index (χ2v) is 5.69. The van der Waals surface area contributed by atoms with Crippen molar-refractivity contribution in [3.8, 4) is 5.75 Å². The minimum atomic E-state index is -0.596. The summed E-state index contributed by atoms with van der Waals surface area (Å²) < 4.78 is 5.60. The number of carbonyl (C=O) groups excluding carboxylic acids is 1. The van der Waals surface area contributed by atoms with Crippen molar-refractivity contribution in [1.82, 2.24) is 0 Å². The van der Waals surface area contributed by atoms with Gasteiger partial charge in [-0.1, -0.05) is 23.7 Å². The first-order valence-electron chi connectivity index (χ1n) is 6.46. The van der Waals surface area contributed by atoms with E-state index < -0.39 is 6.10 Å². The van der Waals surface area contributed by atoms with Crippen LogP contribution in [0.2, 0.25) is 5.02 Å². The molecular formula is C16H16ClNO2S. The summed E-state index contributed by atoms with van der Waals surface area (Å²) >= 11 is 7.40. The normalized spacial score (nSPS) is 11.8. The molecule has 3 nitrogen and oxygen atoms in total. The van der Waals surface area contributed by atoms with E-state index in [1.807, 2.05) is 30.5 Å². The molecule has 0 heterocycles. The number of para-hydroxylation sites is 1. The molecule has 2 aromatic carbocycles. The van der Waals surface area contributed by atoms with Gasteiger partial charge in [-0.05, 0) is 49.6 Å². The maximum Gasteiger partial charge on any atom is 0.265 e. The van der Waals surface area contributed by atoms with E-state index in [-0.39, 0.29) is 5.91 Å². The molecule has 0 aliphatic rings. The maximum atomic E-state index is 12.2. The molecule has 0 radical (unpaired) electrons. The molecule has 1 amide bonds. The smallest absolute Gasteiger partial charge is 0.265 e. The Kier molecular flexibility index (Phi) is 5.53. The fourth-order valence-electron chi connectivity index (χ4n) is 1.75. The van der Waals surface area contributed by atoms with Crippen molar-refractivity contribution in [2.45, 2.75) is 17.9 Å². The Morgan fingerprint density at radius 3 is 2.52 bits per heavy atom. The number of benzene rings is 2. The second kappa shape index (κ2) is 7.38. The van der Waals surface area contributed by atoms with Crippen molar-refractivity contribution in [3.63, 3.8) is 0 Å². The fourth-order valence-corrected chi connectivity index (χ4v) is 2.43. The number of anilines is 1. The lowest BCUT2D eigenvalue weighted by molar-refractivity contribution is -0.122. The highest BCUT2D eigenvalue weighted by atomic mass is 35.5. The van der Waals surface area contributed by atoms with Crippen LogP contribution in [0.5, 0.6) is 5.75 Å². The average Bonchev–Trinajstić information content (AvgIpc) is 2.50. The van der Waals surface area contributed by atoms with Crippen LogP contribution < -0.4 is 10.1 Å². The molecule has 0 aromatic heterocycles. The molecule has 1 unspecified atom stereocenters. The molecule has 0 aliphatic heterocycles. The Bertz CT molecular complexity index is 616. The van der Waals surface area contributed by atoms with Crippen LogP contribution in [0.15, 0.2) is 53.4 Å². The number of thioether (sulfide) groups is 1. The average molecular weight is 322 g/mol. The molecule has 0 bridgehead atoms. The Hall–Kier alpha value is -1.65. The summed E-state index contributed by atoms with van der Waals surface area (Å²) in [6, 6.07) is 14.6. The summed E-state index contributed by atoms with van der Waals surface area (Å²) in [4.78, 5) is 13.2. The van der Waals surface area contributed by atoms with Crippen LogP contribution in [0.3, 0.4) is 0 Å². The first kappa shape index (κ1) is 15.7. The quantitative estimate of drug-likeness (QED) is 0.826. The van der Waals surface area contributed by atoms with E-state index in [0.29, 0.717) is 10.8 Å². The summed E-state index contributed by atoms with van der Waals surface area (Å²) in [5, 5.41) is 3.51. The molecule has 5 heteroatoms. The van der Waals surface area contributed by atoms with Crippen LogP contribution in [0, 0.1) is 0 Å². The van der Waals surface area contributed by atoms with Crippen molar-refractivity contribution in [3.05, 3.63) is 53.6 Å². The Morgan fingerprint density at radius 1 is 1.19 bits per heavy atom. The van der Waals surface area contributed by atoms with Gasteiger partial charge < -0.3 is 10.1 Å². The molecule has 0 spiro atoms. The lowest BCUT2D eigenvalue weighted by Gasteiger charge is -2.16. The molecule has 1 atom stereocenters. The van der Waals surface area contributed by atoms with Crippen molar-refractivity contribution < 1.29 is 9.53 Å². The zero-order valence-corrected chi connectivity index (χ0v) is 13.4. The van der Waals surface area contributed by atoms with E-state index in [2.05, 4.69) is 5.32 Å². The van der Waals surface area contributed by atoms with Crippen molar-refractivity contribution in [2.75, 3.05) is 11.6 Å². The zero-order chi connectivity index (χ0) is 15.2. The zero-order valence-electron chi connectivity index (χ0n) is 11.8. The van der Waals surface area contributed by atoms with Gasteiger partial charge in [0.2, 0.25) is 0 Å². The van der Waals surface area contributed by atoms with Crippen molar-refractivity contribution in [1.29, 1.82) is 0 Å². The molecule has 2 aromatic rings. The third-order valence-corrected chi connectivity index (χ3v) is 3.91. The molecule has 110 valence electrons. The summed E-state index contributed by atoms with van der Waals surface area (Å²) in [7, 11) is 0. The Balaban J connectivity index is 2.01. The minimum Gasteiger partial charge on any atom is -0.481 e. The van der Waals surface area contributed by atoms with E-state index in [1.165, 1.54) is 0 Å². The highest BCUT2D eigenvalue weighted by Gasteiger charge is 2.16. The number of hydrogen-bond acceptors (Lipinski definition) is 3. The van der Waals surface area contributed by atoms with E-state index in [1.54, 1.807) is 43.0 Å². The van der Waals surface area contributed by atoms with Gasteiger partial charge in [-0.3, -0.25) is 4.79 Å². The molecule has 2 rings (SSSR count). The van der Waals surface area contributed by atoms with Gasteiger partial charge >= 0.3 is 0 Å². The van der Waals surface area contributed by atoms with Crippen molar-refractivity contribution >= 4 is 35.0 Å². The lowest BCUT2D eigenvalue weighted by atomic mass is 10.3. The molecule has 21 heavy (non-hydrogen) atoms. The molecule has 0 aliphatic carbocycles. The van der Waals surface area contributed by atoms with E-state index >= 15 is 0 Å². The molecule has 0 saturated heterocycles. The Morgan fingerprint density at radius 2 is 1.86 bits per heavy atom. The van der Waals surface area contributed by atoms with Crippen molar-refractivity contribution in [2.24, 2.45) is 0 Å². The molecule has 1 N–H and O–H groups in total. The number of hydrogen-bond donors (Lipinski definition) is 1. The van der Waals surface area contributed by atoms with E-state index in [0.717, 1.165) is 10.6 Å². The first-order valence-corrected chi connectivity index (χ1v) is 8.06. The lowest BCUT2D eigenvalue weighted by Crippen LogP contribution is -2.30. The van der Waals surface area contributed by atoms with Crippen LogP contribution >= 0.6 is 23.4 Å². The van der Waals surface area contributed by atoms with Gasteiger partial charge in [0.1, 0.15) is 5.75 Å². The number of nitrogens with one attached hydrogen (secondary N) is 1. The minimum absolute atomic E-state index is 0.188. The van der Waals surface area contributed by atoms with Gasteiger partial charge in [0.05, 0.1) is 5.69 Å². The number of halogens is 1. The fraction of sp³-hybridized carbons (Fsp3) is 0.188. The predicted octanol–water partition coefficient (Wildman–Crippen LogP) is 4.47. The molecule has 0 saturated carbocycles. The maximum absolute atomic E-state index is 12.2. The number of ether oxygens (including phenoxy) is 1. The predicted molar refractivity (Wildman–Crippen MR) is 88.4 cm³/mol. The SMILES string of the molecule is CSc1ccccc1NC(=O)C(C)Oc1ccc(Cl)cc1. The van der Waals surface area contributed by atoms with Gasteiger partial charge in [-0.15, -0.1) is 11.8 Å². The summed E-state index contributed by atoms with van der Waals surface area (Å²) in [5.41, 5.74) is 0.793. The topological polar surface area (TPSA) is 38.3 Å². The van der Waals surface area contributed by atoms with E-state index in [4.69, 9.17) is 16.3 Å². The number of rotatable bonds is 5. The van der Waals surface area contributed by atoms with E-state index in [9.17, 15) is 4.79 Å². The molecular weight excluding hydrogens is 306 g/mol. The van der Waals surface area contributed by atoms with Crippen LogP contribution in [0.1, 0.15) is 6.92 Å². The monoisotopic (exact) mass is 321 g/mol. The van der Waals surface area contributed by atoms with Gasteiger partial charge in [0.15, 0.2) is 6.10 Å². The van der Waals surface area contributed by atoms with Crippen LogP contribution in [0.25, 0.3) is 0 Å². The number of amides is 1. The largest absolute Gasteiger partial charge is 0.481 e. The van der Waals surface area contributed by atoms with Gasteiger partial charge in [0, 0.05) is 9.92 Å². The van der Waals surface area contributed by atoms with Gasteiger partial charge in [0.25, 0.3) is 5.91 Å². The Labute approximate surface area is 133 Å². The third kappa shape index (κ3) is 4.41. The number of carbonyl (C=O) groups is 1. The third-order valence-electron chi connectivity index (χ3n) is 2.86. The summed E-state index contributed by atoms with van der Waals surface area (Å²) in [5.74, 6) is 0.423. The highest BCUT2D eigenvalue weighted by molar-refractivity contribution is 7.98. The molecule has 0 fully saturated rings.